The standard InChI is InChI=1S/C23H18F5NO4/c1-12(22(31)32)29-21(30)17-9-6-14-4-5-15(20(24)25)10-18(14)19(17)33-11-13-2-7-16(8-3-13)23(26,27)28/h2-10,12,20H,11H2,1H3,(H,29,30)(H,31,32)/t12-/m1/s1. The number of hydrogen-bond donors (Lipinski definition) is 2. The molecule has 3 rings (SSSR count). The molecule has 33 heavy (non-hydrogen) atoms. The van der Waals surface area contributed by atoms with Gasteiger partial charge in [-0.25, -0.2) is 8.78 Å². The zero-order valence-electron chi connectivity index (χ0n) is 17.1. The molecule has 10 heteroatoms. The summed E-state index contributed by atoms with van der Waals surface area (Å²) < 4.78 is 70.5. The summed E-state index contributed by atoms with van der Waals surface area (Å²) >= 11 is 0. The Labute approximate surface area is 184 Å². The smallest absolute Gasteiger partial charge is 0.416 e. The highest BCUT2D eigenvalue weighted by Crippen LogP contribution is 2.34. The Morgan fingerprint density at radius 2 is 1.67 bits per heavy atom. The van der Waals surface area contributed by atoms with Gasteiger partial charge in [0.15, 0.2) is 0 Å². The van der Waals surface area contributed by atoms with E-state index in [0.29, 0.717) is 10.9 Å². The van der Waals surface area contributed by atoms with Crippen LogP contribution in [0.3, 0.4) is 0 Å². The van der Waals surface area contributed by atoms with Crippen molar-refractivity contribution < 1.29 is 41.4 Å². The fourth-order valence-electron chi connectivity index (χ4n) is 3.06. The van der Waals surface area contributed by atoms with Gasteiger partial charge in [0.2, 0.25) is 0 Å². The first-order chi connectivity index (χ1) is 15.5. The number of carboxylic acid groups (broad SMARTS) is 1. The molecule has 0 aliphatic rings. The Bertz CT molecular complexity index is 1180. The first kappa shape index (κ1) is 24.0. The Hall–Kier alpha value is -3.69. The van der Waals surface area contributed by atoms with Crippen LogP contribution in [0.15, 0.2) is 54.6 Å². The number of alkyl halides is 5. The second-order valence-corrected chi connectivity index (χ2v) is 7.24. The molecule has 5 nitrogen and oxygen atoms in total. The van der Waals surface area contributed by atoms with Gasteiger partial charge in [-0.15, -0.1) is 0 Å². The highest BCUT2D eigenvalue weighted by atomic mass is 19.4. The molecule has 0 fully saturated rings. The van der Waals surface area contributed by atoms with Gasteiger partial charge in [0.05, 0.1) is 11.1 Å². The number of benzene rings is 3. The van der Waals surface area contributed by atoms with Gasteiger partial charge in [0, 0.05) is 10.9 Å². The lowest BCUT2D eigenvalue weighted by Crippen LogP contribution is -2.38. The maximum Gasteiger partial charge on any atom is 0.416 e. The van der Waals surface area contributed by atoms with Gasteiger partial charge in [0.1, 0.15) is 18.4 Å². The summed E-state index contributed by atoms with van der Waals surface area (Å²) in [5.41, 5.74) is -0.928. The summed E-state index contributed by atoms with van der Waals surface area (Å²) in [6, 6.07) is 9.56. The van der Waals surface area contributed by atoms with Crippen molar-refractivity contribution in [2.45, 2.75) is 32.2 Å². The summed E-state index contributed by atoms with van der Waals surface area (Å²) in [7, 11) is 0. The third-order valence-electron chi connectivity index (χ3n) is 4.88. The molecule has 3 aromatic rings. The summed E-state index contributed by atoms with van der Waals surface area (Å²) in [6.45, 7) is 0.990. The van der Waals surface area contributed by atoms with Crippen molar-refractivity contribution in [1.29, 1.82) is 0 Å². The van der Waals surface area contributed by atoms with Gasteiger partial charge in [-0.1, -0.05) is 30.3 Å². The zero-order chi connectivity index (χ0) is 24.3. The van der Waals surface area contributed by atoms with Crippen LogP contribution in [0.5, 0.6) is 5.75 Å². The van der Waals surface area contributed by atoms with Crippen molar-refractivity contribution in [3.05, 3.63) is 76.9 Å². The molecule has 0 radical (unpaired) electrons. The Morgan fingerprint density at radius 3 is 2.24 bits per heavy atom. The summed E-state index contributed by atoms with van der Waals surface area (Å²) in [4.78, 5) is 23.8. The summed E-state index contributed by atoms with van der Waals surface area (Å²) in [5.74, 6) is -2.18. The molecular formula is C23H18F5NO4. The molecule has 0 aliphatic heterocycles. The molecular weight excluding hydrogens is 449 g/mol. The number of nitrogens with one attached hydrogen (secondary N) is 1. The van der Waals surface area contributed by atoms with E-state index in [4.69, 9.17) is 9.84 Å². The zero-order valence-corrected chi connectivity index (χ0v) is 17.1. The predicted molar refractivity (Wildman–Crippen MR) is 109 cm³/mol. The monoisotopic (exact) mass is 467 g/mol. The average Bonchev–Trinajstić information content (AvgIpc) is 2.76. The predicted octanol–water partition coefficient (Wildman–Crippen LogP) is 5.58. The van der Waals surface area contributed by atoms with E-state index in [1.54, 1.807) is 0 Å². The minimum Gasteiger partial charge on any atom is -0.487 e. The Morgan fingerprint density at radius 1 is 1.03 bits per heavy atom. The minimum absolute atomic E-state index is 0.0926. The number of aliphatic carboxylic acids is 1. The lowest BCUT2D eigenvalue weighted by Gasteiger charge is -2.17. The molecule has 2 N–H and O–H groups in total. The van der Waals surface area contributed by atoms with E-state index in [1.165, 1.54) is 43.3 Å². The van der Waals surface area contributed by atoms with Crippen LogP contribution in [0, 0.1) is 0 Å². The molecule has 0 heterocycles. The van der Waals surface area contributed by atoms with Crippen LogP contribution in [-0.4, -0.2) is 23.0 Å². The Kier molecular flexibility index (Phi) is 6.85. The molecule has 0 bridgehead atoms. The van der Waals surface area contributed by atoms with Gasteiger partial charge in [-0.05, 0) is 42.1 Å². The van der Waals surface area contributed by atoms with Crippen molar-refractivity contribution in [1.82, 2.24) is 5.32 Å². The molecule has 174 valence electrons. The fraction of sp³-hybridized carbons (Fsp3) is 0.217. The van der Waals surface area contributed by atoms with Gasteiger partial charge in [-0.2, -0.15) is 13.2 Å². The van der Waals surface area contributed by atoms with Gasteiger partial charge >= 0.3 is 12.1 Å². The van der Waals surface area contributed by atoms with E-state index >= 15 is 0 Å². The van der Waals surface area contributed by atoms with Crippen LogP contribution >= 0.6 is 0 Å². The lowest BCUT2D eigenvalue weighted by atomic mass is 10.0. The molecule has 0 spiro atoms. The fourth-order valence-corrected chi connectivity index (χ4v) is 3.06. The SMILES string of the molecule is C[C@@H](NC(=O)c1ccc2ccc(C(F)F)cc2c1OCc1ccc(C(F)(F)F)cc1)C(=O)O. The van der Waals surface area contributed by atoms with Gasteiger partial charge in [0.25, 0.3) is 12.3 Å². The highest BCUT2D eigenvalue weighted by molar-refractivity contribution is 6.05. The van der Waals surface area contributed by atoms with Crippen molar-refractivity contribution in [3.63, 3.8) is 0 Å². The number of carbonyl (C=O) groups excluding carboxylic acids is 1. The number of halogens is 5. The van der Waals surface area contributed by atoms with Crippen LogP contribution in [0.1, 0.15) is 40.4 Å². The van der Waals surface area contributed by atoms with Crippen LogP contribution in [0.4, 0.5) is 22.0 Å². The number of rotatable bonds is 7. The van der Waals surface area contributed by atoms with Crippen molar-refractivity contribution in [3.8, 4) is 5.75 Å². The van der Waals surface area contributed by atoms with E-state index in [1.807, 2.05) is 0 Å². The number of carbonyl (C=O) groups is 2. The third-order valence-corrected chi connectivity index (χ3v) is 4.88. The van der Waals surface area contributed by atoms with Crippen molar-refractivity contribution in [2.24, 2.45) is 0 Å². The van der Waals surface area contributed by atoms with E-state index in [0.717, 1.165) is 18.2 Å². The molecule has 0 saturated carbocycles. The molecule has 0 aromatic heterocycles. The molecule has 0 saturated heterocycles. The molecule has 0 aliphatic carbocycles. The number of carboxylic acids is 1. The van der Waals surface area contributed by atoms with E-state index < -0.39 is 36.1 Å². The number of ether oxygens (including phenoxy) is 1. The van der Waals surface area contributed by atoms with Crippen LogP contribution in [0.25, 0.3) is 10.8 Å². The molecule has 1 amide bonds. The number of hydrogen-bond acceptors (Lipinski definition) is 3. The largest absolute Gasteiger partial charge is 0.487 e. The maximum absolute atomic E-state index is 13.3. The van der Waals surface area contributed by atoms with E-state index in [9.17, 15) is 31.5 Å². The lowest BCUT2D eigenvalue weighted by molar-refractivity contribution is -0.139. The van der Waals surface area contributed by atoms with Crippen LogP contribution < -0.4 is 10.1 Å². The Balaban J connectivity index is 2.00. The number of fused-ring (bicyclic) bond motifs is 1. The summed E-state index contributed by atoms with van der Waals surface area (Å²) in [6.07, 6.45) is -7.30. The topological polar surface area (TPSA) is 75.6 Å². The molecule has 1 atom stereocenters. The molecule has 0 unspecified atom stereocenters. The minimum atomic E-state index is -4.51. The molecule has 3 aromatic carbocycles. The highest BCUT2D eigenvalue weighted by Gasteiger charge is 2.30. The van der Waals surface area contributed by atoms with Crippen LogP contribution in [0.2, 0.25) is 0 Å². The second-order valence-electron chi connectivity index (χ2n) is 7.24. The summed E-state index contributed by atoms with van der Waals surface area (Å²) in [5, 5.41) is 12.0. The van der Waals surface area contributed by atoms with E-state index in [2.05, 4.69) is 5.32 Å². The average molecular weight is 467 g/mol. The van der Waals surface area contributed by atoms with Crippen molar-refractivity contribution in [2.75, 3.05) is 0 Å². The van der Waals surface area contributed by atoms with Crippen LogP contribution in [-0.2, 0) is 17.6 Å². The van der Waals surface area contributed by atoms with E-state index in [-0.39, 0.29) is 28.9 Å². The third kappa shape index (κ3) is 5.57. The number of amides is 1. The maximum atomic E-state index is 13.3. The quantitative estimate of drug-likeness (QED) is 0.445. The first-order valence-electron chi connectivity index (χ1n) is 9.65. The second kappa shape index (κ2) is 9.43. The van der Waals surface area contributed by atoms with Gasteiger partial charge < -0.3 is 15.2 Å². The first-order valence-corrected chi connectivity index (χ1v) is 9.65. The normalized spacial score (nSPS) is 12.6. The van der Waals surface area contributed by atoms with Crippen molar-refractivity contribution >= 4 is 22.6 Å². The van der Waals surface area contributed by atoms with Gasteiger partial charge in [-0.3, -0.25) is 9.59 Å².